The molecule has 1 heterocycles. The summed E-state index contributed by atoms with van der Waals surface area (Å²) in [6.45, 7) is 5.18. The number of hydrogen-bond acceptors (Lipinski definition) is 3. The number of carboxylic acid groups (broad SMARTS) is 1. The summed E-state index contributed by atoms with van der Waals surface area (Å²) < 4.78 is 0. The monoisotopic (exact) mass is 209 g/mol. The molecule has 1 unspecified atom stereocenters. The van der Waals surface area contributed by atoms with Crippen LogP contribution in [0.1, 0.15) is 25.1 Å². The average molecular weight is 209 g/mol. The molecule has 15 heavy (non-hydrogen) atoms. The number of aliphatic hydroxyl groups is 1. The molecular formula is C11H15NO3. The summed E-state index contributed by atoms with van der Waals surface area (Å²) in [7, 11) is 0. The van der Waals surface area contributed by atoms with Crippen molar-refractivity contribution in [2.75, 3.05) is 0 Å². The molecule has 0 spiro atoms. The maximum Gasteiger partial charge on any atom is 0.333 e. The molecule has 0 saturated heterocycles. The van der Waals surface area contributed by atoms with Crippen LogP contribution >= 0.6 is 0 Å². The lowest BCUT2D eigenvalue weighted by Crippen LogP contribution is -2.40. The zero-order chi connectivity index (χ0) is 11.6. The van der Waals surface area contributed by atoms with Crippen molar-refractivity contribution in [3.05, 3.63) is 29.6 Å². The van der Waals surface area contributed by atoms with Gasteiger partial charge in [0.2, 0.25) is 0 Å². The van der Waals surface area contributed by atoms with E-state index in [4.69, 9.17) is 5.11 Å². The lowest BCUT2D eigenvalue weighted by atomic mass is 9.78. The number of carboxylic acids is 1. The second kappa shape index (κ2) is 3.98. The van der Waals surface area contributed by atoms with Crippen molar-refractivity contribution in [2.45, 2.75) is 32.3 Å². The highest BCUT2D eigenvalue weighted by atomic mass is 16.4. The predicted octanol–water partition coefficient (Wildman–Crippen LogP) is 1.11. The maximum atomic E-state index is 10.8. The third-order valence-electron chi connectivity index (χ3n) is 2.62. The van der Waals surface area contributed by atoms with Gasteiger partial charge in [0.25, 0.3) is 0 Å². The molecule has 2 N–H and O–H groups in total. The average Bonchev–Trinajstić information content (AvgIpc) is 2.16. The first-order chi connectivity index (χ1) is 6.87. The summed E-state index contributed by atoms with van der Waals surface area (Å²) in [5.41, 5.74) is 0.646. The second-order valence-corrected chi connectivity index (χ2v) is 4.10. The van der Waals surface area contributed by atoms with Crippen molar-refractivity contribution in [1.82, 2.24) is 4.98 Å². The molecule has 1 atom stereocenters. The Balaban J connectivity index is 3.16. The fourth-order valence-electron chi connectivity index (χ4n) is 1.62. The van der Waals surface area contributed by atoms with Gasteiger partial charge < -0.3 is 10.2 Å². The number of hydrogen-bond donors (Lipinski definition) is 2. The number of pyridine rings is 1. The van der Waals surface area contributed by atoms with Gasteiger partial charge in [-0.05, 0) is 18.6 Å². The normalized spacial score (nSPS) is 13.6. The number of aryl methyl sites for hydroxylation is 1. The van der Waals surface area contributed by atoms with Crippen LogP contribution in [-0.2, 0) is 10.2 Å². The number of carbonyl (C=O) groups is 1. The summed E-state index contributed by atoms with van der Waals surface area (Å²) in [6.07, 6.45) is 0.211. The number of aliphatic carboxylic acids is 1. The van der Waals surface area contributed by atoms with Crippen LogP contribution in [-0.4, -0.2) is 27.3 Å². The first-order valence-electron chi connectivity index (χ1n) is 4.70. The molecular weight excluding hydrogens is 194 g/mol. The minimum absolute atomic E-state index is 0.739. The lowest BCUT2D eigenvalue weighted by Gasteiger charge is -2.29. The standard InChI is InChI=1S/C11H15NO3/c1-7-8(5-4-6-12-7)11(2,3)9(13)10(14)15/h4-6,9,13H,1-3H3,(H,14,15). The maximum absolute atomic E-state index is 10.8. The number of aromatic nitrogens is 1. The van der Waals surface area contributed by atoms with Gasteiger partial charge in [-0.2, -0.15) is 0 Å². The van der Waals surface area contributed by atoms with Crippen LogP contribution in [0.5, 0.6) is 0 Å². The summed E-state index contributed by atoms with van der Waals surface area (Å²) in [5, 5.41) is 18.4. The molecule has 4 nitrogen and oxygen atoms in total. The molecule has 1 aromatic heterocycles. The Labute approximate surface area is 88.6 Å². The number of aliphatic hydroxyl groups excluding tert-OH is 1. The third-order valence-corrected chi connectivity index (χ3v) is 2.62. The minimum atomic E-state index is -1.43. The predicted molar refractivity (Wildman–Crippen MR) is 55.6 cm³/mol. The highest BCUT2D eigenvalue weighted by Gasteiger charge is 2.36. The Morgan fingerprint density at radius 3 is 2.60 bits per heavy atom. The van der Waals surface area contributed by atoms with Crippen LogP contribution in [0, 0.1) is 6.92 Å². The van der Waals surface area contributed by atoms with Crippen molar-refractivity contribution in [2.24, 2.45) is 0 Å². The SMILES string of the molecule is Cc1ncccc1C(C)(C)C(O)C(=O)O. The van der Waals surface area contributed by atoms with E-state index in [0.29, 0.717) is 0 Å². The second-order valence-electron chi connectivity index (χ2n) is 4.10. The van der Waals surface area contributed by atoms with Gasteiger partial charge in [0.1, 0.15) is 0 Å². The Kier molecular flexibility index (Phi) is 3.09. The van der Waals surface area contributed by atoms with E-state index < -0.39 is 17.5 Å². The summed E-state index contributed by atoms with van der Waals surface area (Å²) in [6, 6.07) is 3.52. The van der Waals surface area contributed by atoms with Gasteiger partial charge in [-0.3, -0.25) is 4.98 Å². The zero-order valence-electron chi connectivity index (χ0n) is 9.06. The van der Waals surface area contributed by atoms with Crippen molar-refractivity contribution < 1.29 is 15.0 Å². The van der Waals surface area contributed by atoms with Gasteiger partial charge in [0, 0.05) is 17.3 Å². The van der Waals surface area contributed by atoms with Crippen LogP contribution < -0.4 is 0 Å². The van der Waals surface area contributed by atoms with E-state index in [1.807, 2.05) is 0 Å². The van der Waals surface area contributed by atoms with Crippen LogP contribution in [0.15, 0.2) is 18.3 Å². The molecule has 0 aliphatic heterocycles. The van der Waals surface area contributed by atoms with E-state index in [1.165, 1.54) is 0 Å². The molecule has 0 saturated carbocycles. The van der Waals surface area contributed by atoms with Gasteiger partial charge in [0.15, 0.2) is 6.10 Å². The van der Waals surface area contributed by atoms with E-state index in [1.54, 1.807) is 39.1 Å². The van der Waals surface area contributed by atoms with Crippen LogP contribution in [0.25, 0.3) is 0 Å². The first kappa shape index (κ1) is 11.7. The first-order valence-corrected chi connectivity index (χ1v) is 4.70. The fraction of sp³-hybridized carbons (Fsp3) is 0.455. The molecule has 1 aromatic rings. The van der Waals surface area contributed by atoms with Gasteiger partial charge in [0.05, 0.1) is 0 Å². The molecule has 0 aliphatic carbocycles. The number of nitrogens with zero attached hydrogens (tertiary/aromatic N) is 1. The van der Waals surface area contributed by atoms with E-state index >= 15 is 0 Å². The van der Waals surface area contributed by atoms with Crippen molar-refractivity contribution >= 4 is 5.97 Å². The summed E-state index contributed by atoms with van der Waals surface area (Å²) >= 11 is 0. The van der Waals surface area contributed by atoms with E-state index in [0.717, 1.165) is 11.3 Å². The molecule has 4 heteroatoms. The van der Waals surface area contributed by atoms with Crippen LogP contribution in [0.3, 0.4) is 0 Å². The molecule has 0 fully saturated rings. The summed E-state index contributed by atoms with van der Waals surface area (Å²) in [5.74, 6) is -1.22. The Hall–Kier alpha value is -1.42. The van der Waals surface area contributed by atoms with Gasteiger partial charge in [-0.1, -0.05) is 19.9 Å². The molecule has 0 amide bonds. The van der Waals surface area contributed by atoms with Gasteiger partial charge in [-0.15, -0.1) is 0 Å². The van der Waals surface area contributed by atoms with E-state index in [-0.39, 0.29) is 0 Å². The molecule has 0 bridgehead atoms. The van der Waals surface area contributed by atoms with Crippen molar-refractivity contribution in [3.63, 3.8) is 0 Å². The molecule has 0 radical (unpaired) electrons. The van der Waals surface area contributed by atoms with Crippen LogP contribution in [0.4, 0.5) is 0 Å². The highest BCUT2D eigenvalue weighted by molar-refractivity contribution is 5.74. The Morgan fingerprint density at radius 1 is 1.53 bits per heavy atom. The lowest BCUT2D eigenvalue weighted by molar-refractivity contribution is -0.150. The fourth-order valence-corrected chi connectivity index (χ4v) is 1.62. The smallest absolute Gasteiger partial charge is 0.333 e. The van der Waals surface area contributed by atoms with E-state index in [9.17, 15) is 9.90 Å². The molecule has 0 aliphatic rings. The largest absolute Gasteiger partial charge is 0.479 e. The van der Waals surface area contributed by atoms with E-state index in [2.05, 4.69) is 4.98 Å². The third kappa shape index (κ3) is 2.15. The molecule has 1 rings (SSSR count). The topological polar surface area (TPSA) is 70.4 Å². The van der Waals surface area contributed by atoms with Crippen molar-refractivity contribution in [1.29, 1.82) is 0 Å². The highest BCUT2D eigenvalue weighted by Crippen LogP contribution is 2.28. The molecule has 82 valence electrons. The van der Waals surface area contributed by atoms with Gasteiger partial charge >= 0.3 is 5.97 Å². The zero-order valence-corrected chi connectivity index (χ0v) is 9.06. The Morgan fingerprint density at radius 2 is 2.13 bits per heavy atom. The summed E-state index contributed by atoms with van der Waals surface area (Å²) in [4.78, 5) is 14.8. The molecule has 0 aromatic carbocycles. The van der Waals surface area contributed by atoms with Crippen molar-refractivity contribution in [3.8, 4) is 0 Å². The van der Waals surface area contributed by atoms with Gasteiger partial charge in [-0.25, -0.2) is 4.79 Å². The minimum Gasteiger partial charge on any atom is -0.479 e. The van der Waals surface area contributed by atoms with Crippen LogP contribution in [0.2, 0.25) is 0 Å². The quantitative estimate of drug-likeness (QED) is 0.782. The number of rotatable bonds is 3. The Bertz CT molecular complexity index is 374.